The molecule has 0 aliphatic carbocycles. The van der Waals surface area contributed by atoms with Gasteiger partial charge in [-0.2, -0.15) is 0 Å². The summed E-state index contributed by atoms with van der Waals surface area (Å²) in [6, 6.07) is 5.74. The van der Waals surface area contributed by atoms with Crippen LogP contribution in [0.4, 0.5) is 0 Å². The number of amides is 1. The van der Waals surface area contributed by atoms with Gasteiger partial charge in [-0.1, -0.05) is 11.6 Å². The summed E-state index contributed by atoms with van der Waals surface area (Å²) >= 11 is 0. The maximum Gasteiger partial charge on any atom is 0.257 e. The number of nitrogens with one attached hydrogen (secondary N) is 1. The number of carbonyl (C=O) groups is 1. The molecule has 0 aromatic heterocycles. The van der Waals surface area contributed by atoms with Crippen LogP contribution in [0, 0.1) is 12.8 Å². The van der Waals surface area contributed by atoms with Crippen molar-refractivity contribution in [2.24, 2.45) is 5.92 Å². The first-order valence-electron chi connectivity index (χ1n) is 6.74. The molecule has 1 aliphatic heterocycles. The van der Waals surface area contributed by atoms with Crippen molar-refractivity contribution >= 4 is 5.91 Å². The number of hydrogen-bond acceptors (Lipinski definition) is 3. The number of carbonyl (C=O) groups excluding carboxylic acids is 1. The Labute approximate surface area is 114 Å². The van der Waals surface area contributed by atoms with Crippen LogP contribution in [0.15, 0.2) is 18.2 Å². The summed E-state index contributed by atoms with van der Waals surface area (Å²) in [5.41, 5.74) is 1.75. The van der Waals surface area contributed by atoms with Gasteiger partial charge < -0.3 is 15.0 Å². The average Bonchev–Trinajstić information content (AvgIpc) is 2.87. The van der Waals surface area contributed by atoms with Crippen LogP contribution in [-0.4, -0.2) is 44.6 Å². The first-order valence-corrected chi connectivity index (χ1v) is 6.74. The molecule has 1 aliphatic rings. The third-order valence-corrected chi connectivity index (χ3v) is 3.65. The van der Waals surface area contributed by atoms with E-state index in [1.165, 1.54) is 0 Å². The minimum Gasteiger partial charge on any atom is -0.496 e. The highest BCUT2D eigenvalue weighted by Gasteiger charge is 2.27. The van der Waals surface area contributed by atoms with Crippen LogP contribution in [-0.2, 0) is 0 Å². The van der Waals surface area contributed by atoms with Gasteiger partial charge in [0.2, 0.25) is 0 Å². The summed E-state index contributed by atoms with van der Waals surface area (Å²) in [5, 5.41) is 3.18. The topological polar surface area (TPSA) is 41.6 Å². The molecular weight excluding hydrogens is 240 g/mol. The highest BCUT2D eigenvalue weighted by Crippen LogP contribution is 2.24. The van der Waals surface area contributed by atoms with Crippen LogP contribution in [0.3, 0.4) is 0 Å². The van der Waals surface area contributed by atoms with Gasteiger partial charge in [0.05, 0.1) is 12.7 Å². The molecule has 2 rings (SSSR count). The lowest BCUT2D eigenvalue weighted by Crippen LogP contribution is -2.30. The third-order valence-electron chi connectivity index (χ3n) is 3.65. The van der Waals surface area contributed by atoms with Gasteiger partial charge in [0.1, 0.15) is 5.75 Å². The second-order valence-electron chi connectivity index (χ2n) is 5.17. The summed E-state index contributed by atoms with van der Waals surface area (Å²) in [6.45, 7) is 4.62. The van der Waals surface area contributed by atoms with E-state index in [0.717, 1.165) is 31.6 Å². The van der Waals surface area contributed by atoms with Gasteiger partial charge in [0.15, 0.2) is 0 Å². The van der Waals surface area contributed by atoms with Gasteiger partial charge >= 0.3 is 0 Å². The molecule has 1 aromatic carbocycles. The molecule has 1 amide bonds. The number of benzene rings is 1. The molecule has 0 bridgehead atoms. The number of rotatable bonds is 4. The van der Waals surface area contributed by atoms with Gasteiger partial charge in [-0.25, -0.2) is 0 Å². The first kappa shape index (κ1) is 13.9. The Morgan fingerprint density at radius 2 is 2.32 bits per heavy atom. The SMILES string of the molecule is CNCC1CCN(C(=O)c2cc(C)ccc2OC)C1. The average molecular weight is 262 g/mol. The normalized spacial score (nSPS) is 18.7. The van der Waals surface area contributed by atoms with E-state index in [2.05, 4.69) is 5.32 Å². The standard InChI is InChI=1S/C15H22N2O2/c1-11-4-5-14(19-3)13(8-11)15(18)17-7-6-12(10-17)9-16-2/h4-5,8,12,16H,6-7,9-10H2,1-3H3. The van der Waals surface area contributed by atoms with Crippen molar-refractivity contribution in [3.63, 3.8) is 0 Å². The van der Waals surface area contributed by atoms with Crippen molar-refractivity contribution in [2.75, 3.05) is 33.8 Å². The lowest BCUT2D eigenvalue weighted by Gasteiger charge is -2.18. The number of ether oxygens (including phenoxy) is 1. The van der Waals surface area contributed by atoms with Crippen molar-refractivity contribution in [3.05, 3.63) is 29.3 Å². The minimum atomic E-state index is 0.0825. The molecule has 104 valence electrons. The van der Waals surface area contributed by atoms with Crippen LogP contribution in [0.25, 0.3) is 0 Å². The van der Waals surface area contributed by atoms with Gasteiger partial charge in [0, 0.05) is 13.1 Å². The molecule has 1 fully saturated rings. The number of likely N-dealkylation sites (tertiary alicyclic amines) is 1. The largest absolute Gasteiger partial charge is 0.496 e. The molecule has 1 unspecified atom stereocenters. The predicted molar refractivity (Wildman–Crippen MR) is 75.7 cm³/mol. The van der Waals surface area contributed by atoms with E-state index in [1.807, 2.05) is 37.1 Å². The zero-order valence-corrected chi connectivity index (χ0v) is 11.9. The fourth-order valence-corrected chi connectivity index (χ4v) is 2.63. The van der Waals surface area contributed by atoms with Crippen molar-refractivity contribution in [2.45, 2.75) is 13.3 Å². The van der Waals surface area contributed by atoms with E-state index in [4.69, 9.17) is 4.74 Å². The molecule has 0 radical (unpaired) electrons. The molecule has 1 aromatic rings. The molecule has 4 nitrogen and oxygen atoms in total. The maximum atomic E-state index is 12.6. The second-order valence-corrected chi connectivity index (χ2v) is 5.17. The number of methoxy groups -OCH3 is 1. The molecule has 4 heteroatoms. The summed E-state index contributed by atoms with van der Waals surface area (Å²) < 4.78 is 5.30. The molecule has 0 saturated carbocycles. The third kappa shape index (κ3) is 3.07. The molecule has 19 heavy (non-hydrogen) atoms. The summed E-state index contributed by atoms with van der Waals surface area (Å²) in [6.07, 6.45) is 1.07. The number of nitrogens with zero attached hydrogens (tertiary/aromatic N) is 1. The Hall–Kier alpha value is -1.55. The Morgan fingerprint density at radius 3 is 3.00 bits per heavy atom. The molecule has 1 atom stereocenters. The van der Waals surface area contributed by atoms with E-state index in [0.29, 0.717) is 17.2 Å². The molecular formula is C15H22N2O2. The minimum absolute atomic E-state index is 0.0825. The van der Waals surface area contributed by atoms with E-state index in [1.54, 1.807) is 7.11 Å². The van der Waals surface area contributed by atoms with E-state index in [9.17, 15) is 4.79 Å². The van der Waals surface area contributed by atoms with Crippen LogP contribution in [0.1, 0.15) is 22.3 Å². The predicted octanol–water partition coefficient (Wildman–Crippen LogP) is 1.69. The van der Waals surface area contributed by atoms with Crippen LogP contribution < -0.4 is 10.1 Å². The van der Waals surface area contributed by atoms with Crippen molar-refractivity contribution in [3.8, 4) is 5.75 Å². The number of hydrogen-bond donors (Lipinski definition) is 1. The van der Waals surface area contributed by atoms with Crippen LogP contribution in [0.2, 0.25) is 0 Å². The smallest absolute Gasteiger partial charge is 0.257 e. The first-order chi connectivity index (χ1) is 9.15. The monoisotopic (exact) mass is 262 g/mol. The van der Waals surface area contributed by atoms with Crippen LogP contribution >= 0.6 is 0 Å². The van der Waals surface area contributed by atoms with Crippen molar-refractivity contribution < 1.29 is 9.53 Å². The summed E-state index contributed by atoms with van der Waals surface area (Å²) in [5.74, 6) is 1.30. The highest BCUT2D eigenvalue weighted by molar-refractivity contribution is 5.97. The van der Waals surface area contributed by atoms with Crippen molar-refractivity contribution in [1.29, 1.82) is 0 Å². The zero-order chi connectivity index (χ0) is 13.8. The Balaban J connectivity index is 2.14. The van der Waals surface area contributed by atoms with Gasteiger partial charge in [-0.3, -0.25) is 4.79 Å². The summed E-state index contributed by atoms with van der Waals surface area (Å²) in [4.78, 5) is 14.5. The quantitative estimate of drug-likeness (QED) is 0.897. The molecule has 1 heterocycles. The summed E-state index contributed by atoms with van der Waals surface area (Å²) in [7, 11) is 3.56. The Kier molecular flexibility index (Phi) is 4.43. The maximum absolute atomic E-state index is 12.6. The van der Waals surface area contributed by atoms with E-state index in [-0.39, 0.29) is 5.91 Å². The zero-order valence-electron chi connectivity index (χ0n) is 11.9. The van der Waals surface area contributed by atoms with Gasteiger partial charge in [-0.05, 0) is 45.0 Å². The fourth-order valence-electron chi connectivity index (χ4n) is 2.63. The Bertz CT molecular complexity index is 459. The fraction of sp³-hybridized carbons (Fsp3) is 0.533. The van der Waals surface area contributed by atoms with E-state index >= 15 is 0 Å². The van der Waals surface area contributed by atoms with Crippen LogP contribution in [0.5, 0.6) is 5.75 Å². The molecule has 1 saturated heterocycles. The highest BCUT2D eigenvalue weighted by atomic mass is 16.5. The lowest BCUT2D eigenvalue weighted by molar-refractivity contribution is 0.0783. The van der Waals surface area contributed by atoms with Gasteiger partial charge in [-0.15, -0.1) is 0 Å². The van der Waals surface area contributed by atoms with E-state index < -0.39 is 0 Å². The van der Waals surface area contributed by atoms with Gasteiger partial charge in [0.25, 0.3) is 5.91 Å². The van der Waals surface area contributed by atoms with Crippen molar-refractivity contribution in [1.82, 2.24) is 10.2 Å². The second kappa shape index (κ2) is 6.06. The molecule has 0 spiro atoms. The lowest BCUT2D eigenvalue weighted by atomic mass is 10.1. The number of aryl methyl sites for hydroxylation is 1. The Morgan fingerprint density at radius 1 is 1.53 bits per heavy atom. The molecule has 1 N–H and O–H groups in total.